The van der Waals surface area contributed by atoms with Crippen LogP contribution < -0.4 is 0 Å². The van der Waals surface area contributed by atoms with Crippen LogP contribution in [0.3, 0.4) is 0 Å². The van der Waals surface area contributed by atoms with Crippen molar-refractivity contribution in [3.05, 3.63) is 0 Å². The van der Waals surface area contributed by atoms with Crippen molar-refractivity contribution in [2.24, 2.45) is 5.92 Å². The first kappa shape index (κ1) is 10.8. The van der Waals surface area contributed by atoms with Crippen LogP contribution in [0.2, 0.25) is 0 Å². The third-order valence-corrected chi connectivity index (χ3v) is 1.80. The Balaban J connectivity index is 3.57. The minimum atomic E-state index is -0.152. The number of esters is 1. The SMILES string of the molecule is CC(C)C(C)OC(=O)CCS. The Morgan fingerprint density at radius 1 is 1.45 bits per heavy atom. The van der Waals surface area contributed by atoms with E-state index in [1.807, 2.05) is 20.8 Å². The quantitative estimate of drug-likeness (QED) is 0.523. The highest BCUT2D eigenvalue weighted by molar-refractivity contribution is 7.80. The molecule has 1 atom stereocenters. The van der Waals surface area contributed by atoms with Crippen molar-refractivity contribution in [1.82, 2.24) is 0 Å². The van der Waals surface area contributed by atoms with Crippen molar-refractivity contribution in [2.75, 3.05) is 5.75 Å². The van der Waals surface area contributed by atoms with E-state index in [0.717, 1.165) is 0 Å². The van der Waals surface area contributed by atoms with Gasteiger partial charge in [0, 0.05) is 5.75 Å². The third kappa shape index (κ3) is 5.13. The zero-order chi connectivity index (χ0) is 8.85. The summed E-state index contributed by atoms with van der Waals surface area (Å²) >= 11 is 3.93. The Bertz CT molecular complexity index is 123. The van der Waals surface area contributed by atoms with E-state index in [0.29, 0.717) is 18.1 Å². The van der Waals surface area contributed by atoms with E-state index in [-0.39, 0.29) is 12.1 Å². The number of thiol groups is 1. The summed E-state index contributed by atoms with van der Waals surface area (Å²) in [4.78, 5) is 10.9. The molecule has 0 aromatic rings. The van der Waals surface area contributed by atoms with Gasteiger partial charge in [0.05, 0.1) is 6.42 Å². The highest BCUT2D eigenvalue weighted by atomic mass is 32.1. The number of hydrogen-bond acceptors (Lipinski definition) is 3. The summed E-state index contributed by atoms with van der Waals surface area (Å²) in [5, 5.41) is 0. The van der Waals surface area contributed by atoms with Crippen LogP contribution in [0.15, 0.2) is 0 Å². The van der Waals surface area contributed by atoms with Crippen molar-refractivity contribution in [2.45, 2.75) is 33.3 Å². The Morgan fingerprint density at radius 2 is 2.00 bits per heavy atom. The molecular weight excluding hydrogens is 160 g/mol. The molecular formula is C8H16O2S. The average Bonchev–Trinajstić information content (AvgIpc) is 1.87. The van der Waals surface area contributed by atoms with E-state index in [1.54, 1.807) is 0 Å². The maximum atomic E-state index is 10.9. The van der Waals surface area contributed by atoms with Crippen LogP contribution in [0.4, 0.5) is 0 Å². The van der Waals surface area contributed by atoms with E-state index in [9.17, 15) is 4.79 Å². The molecule has 0 fully saturated rings. The Labute approximate surface area is 73.7 Å². The topological polar surface area (TPSA) is 26.3 Å². The molecule has 0 bridgehead atoms. The molecule has 3 heteroatoms. The number of rotatable bonds is 4. The maximum absolute atomic E-state index is 10.9. The van der Waals surface area contributed by atoms with Gasteiger partial charge in [0.1, 0.15) is 6.10 Å². The number of hydrogen-bond donors (Lipinski definition) is 1. The van der Waals surface area contributed by atoms with Crippen molar-refractivity contribution >= 4 is 18.6 Å². The Kier molecular flexibility index (Phi) is 5.38. The maximum Gasteiger partial charge on any atom is 0.306 e. The van der Waals surface area contributed by atoms with Gasteiger partial charge in [0.2, 0.25) is 0 Å². The average molecular weight is 176 g/mol. The lowest BCUT2D eigenvalue weighted by Gasteiger charge is -2.15. The van der Waals surface area contributed by atoms with E-state index >= 15 is 0 Å². The second kappa shape index (κ2) is 5.47. The van der Waals surface area contributed by atoms with Gasteiger partial charge in [-0.1, -0.05) is 13.8 Å². The lowest BCUT2D eigenvalue weighted by atomic mass is 10.1. The van der Waals surface area contributed by atoms with E-state index in [2.05, 4.69) is 12.6 Å². The fourth-order valence-electron chi connectivity index (χ4n) is 0.494. The van der Waals surface area contributed by atoms with Gasteiger partial charge in [-0.05, 0) is 12.8 Å². The standard InChI is InChI=1S/C8H16O2S/c1-6(2)7(3)10-8(9)4-5-11/h6-7,11H,4-5H2,1-3H3. The van der Waals surface area contributed by atoms with Crippen LogP contribution in [-0.2, 0) is 9.53 Å². The molecule has 0 spiro atoms. The van der Waals surface area contributed by atoms with Crippen molar-refractivity contribution in [3.63, 3.8) is 0 Å². The minimum absolute atomic E-state index is 0.0161. The van der Waals surface area contributed by atoms with E-state index in [4.69, 9.17) is 4.74 Å². The smallest absolute Gasteiger partial charge is 0.306 e. The predicted molar refractivity (Wildman–Crippen MR) is 48.9 cm³/mol. The highest BCUT2D eigenvalue weighted by Crippen LogP contribution is 2.06. The molecule has 0 heterocycles. The molecule has 0 saturated heterocycles. The molecule has 0 rings (SSSR count). The minimum Gasteiger partial charge on any atom is -0.462 e. The Hall–Kier alpha value is -0.180. The fraction of sp³-hybridized carbons (Fsp3) is 0.875. The van der Waals surface area contributed by atoms with Crippen molar-refractivity contribution in [1.29, 1.82) is 0 Å². The summed E-state index contributed by atoms with van der Waals surface area (Å²) in [5.41, 5.74) is 0. The van der Waals surface area contributed by atoms with Crippen LogP contribution in [-0.4, -0.2) is 17.8 Å². The summed E-state index contributed by atoms with van der Waals surface area (Å²) in [6.07, 6.45) is 0.419. The summed E-state index contributed by atoms with van der Waals surface area (Å²) in [6, 6.07) is 0. The van der Waals surface area contributed by atoms with E-state index < -0.39 is 0 Å². The van der Waals surface area contributed by atoms with Gasteiger partial charge < -0.3 is 4.74 Å². The molecule has 1 unspecified atom stereocenters. The summed E-state index contributed by atoms with van der Waals surface area (Å²) in [6.45, 7) is 5.96. The van der Waals surface area contributed by atoms with Crippen LogP contribution in [0.25, 0.3) is 0 Å². The highest BCUT2D eigenvalue weighted by Gasteiger charge is 2.11. The van der Waals surface area contributed by atoms with Gasteiger partial charge in [-0.3, -0.25) is 4.79 Å². The first-order chi connectivity index (χ1) is 5.07. The second-order valence-electron chi connectivity index (χ2n) is 2.91. The number of carbonyl (C=O) groups excluding carboxylic acids is 1. The molecule has 0 aliphatic heterocycles. The molecule has 0 aromatic carbocycles. The molecule has 0 aromatic heterocycles. The summed E-state index contributed by atoms with van der Waals surface area (Å²) in [7, 11) is 0. The predicted octanol–water partition coefficient (Wildman–Crippen LogP) is 1.89. The lowest BCUT2D eigenvalue weighted by molar-refractivity contribution is -0.149. The molecule has 11 heavy (non-hydrogen) atoms. The zero-order valence-electron chi connectivity index (χ0n) is 7.33. The van der Waals surface area contributed by atoms with Gasteiger partial charge in [0.25, 0.3) is 0 Å². The Morgan fingerprint density at radius 3 is 2.36 bits per heavy atom. The molecule has 0 saturated carbocycles. The van der Waals surface area contributed by atoms with Gasteiger partial charge in [-0.15, -0.1) is 0 Å². The van der Waals surface area contributed by atoms with Crippen LogP contribution in [0.5, 0.6) is 0 Å². The zero-order valence-corrected chi connectivity index (χ0v) is 8.23. The van der Waals surface area contributed by atoms with Gasteiger partial charge in [0.15, 0.2) is 0 Å². The largest absolute Gasteiger partial charge is 0.462 e. The molecule has 0 aliphatic rings. The molecule has 0 radical (unpaired) electrons. The first-order valence-electron chi connectivity index (χ1n) is 3.88. The molecule has 0 amide bonds. The molecule has 0 N–H and O–H groups in total. The molecule has 0 aliphatic carbocycles. The third-order valence-electron chi connectivity index (χ3n) is 1.57. The van der Waals surface area contributed by atoms with Crippen LogP contribution >= 0.6 is 12.6 Å². The number of ether oxygens (including phenoxy) is 1. The molecule has 2 nitrogen and oxygen atoms in total. The first-order valence-corrected chi connectivity index (χ1v) is 4.51. The summed E-state index contributed by atoms with van der Waals surface area (Å²) < 4.78 is 5.06. The molecule has 66 valence electrons. The normalized spacial score (nSPS) is 13.2. The lowest BCUT2D eigenvalue weighted by Crippen LogP contribution is -2.20. The second-order valence-corrected chi connectivity index (χ2v) is 3.36. The fourth-order valence-corrected chi connectivity index (χ4v) is 0.676. The van der Waals surface area contributed by atoms with E-state index in [1.165, 1.54) is 0 Å². The van der Waals surface area contributed by atoms with Gasteiger partial charge in [-0.25, -0.2) is 0 Å². The van der Waals surface area contributed by atoms with Crippen molar-refractivity contribution < 1.29 is 9.53 Å². The summed E-state index contributed by atoms with van der Waals surface area (Å²) in [5.74, 6) is 0.795. The number of carbonyl (C=O) groups is 1. The monoisotopic (exact) mass is 176 g/mol. The van der Waals surface area contributed by atoms with Gasteiger partial charge >= 0.3 is 5.97 Å². The van der Waals surface area contributed by atoms with Crippen LogP contribution in [0, 0.1) is 5.92 Å². The van der Waals surface area contributed by atoms with Gasteiger partial charge in [-0.2, -0.15) is 12.6 Å². The van der Waals surface area contributed by atoms with Crippen LogP contribution in [0.1, 0.15) is 27.2 Å². The van der Waals surface area contributed by atoms with Crippen molar-refractivity contribution in [3.8, 4) is 0 Å².